The number of rotatable bonds is 8. The second kappa shape index (κ2) is 9.70. The number of hydrogen-bond acceptors (Lipinski definition) is 6. The summed E-state index contributed by atoms with van der Waals surface area (Å²) in [5.74, 6) is 1.51. The highest BCUT2D eigenvalue weighted by atomic mass is 127. The highest BCUT2D eigenvalue weighted by Gasteiger charge is 2.11. The van der Waals surface area contributed by atoms with Crippen molar-refractivity contribution in [2.75, 3.05) is 18.6 Å². The average Bonchev–Trinajstić information content (AvgIpc) is 3.14. The fourth-order valence-electron chi connectivity index (χ4n) is 2.44. The smallest absolute Gasteiger partial charge is 0.203 e. The molecule has 0 atom stereocenters. The molecule has 0 fully saturated rings. The Bertz CT molecular complexity index is 913. The van der Waals surface area contributed by atoms with Gasteiger partial charge >= 0.3 is 0 Å². The van der Waals surface area contributed by atoms with E-state index in [0.29, 0.717) is 13.2 Å². The van der Waals surface area contributed by atoms with Gasteiger partial charge < -0.3 is 9.47 Å². The first kappa shape index (κ1) is 19.6. The minimum Gasteiger partial charge on any atom is -0.490 e. The normalized spacial score (nSPS) is 10.9. The van der Waals surface area contributed by atoms with Crippen molar-refractivity contribution >= 4 is 45.3 Å². The number of thiazole rings is 1. The molecule has 7 heteroatoms. The van der Waals surface area contributed by atoms with Gasteiger partial charge in [-0.25, -0.2) is 4.98 Å². The van der Waals surface area contributed by atoms with E-state index in [9.17, 15) is 0 Å². The van der Waals surface area contributed by atoms with E-state index >= 15 is 0 Å². The lowest BCUT2D eigenvalue weighted by atomic mass is 10.2. The van der Waals surface area contributed by atoms with Gasteiger partial charge in [-0.05, 0) is 54.1 Å². The molecule has 0 unspecified atom stereocenters. The topological polar surface area (TPSA) is 55.7 Å². The van der Waals surface area contributed by atoms with Crippen LogP contribution in [0.1, 0.15) is 19.4 Å². The summed E-state index contributed by atoms with van der Waals surface area (Å²) in [5, 5.41) is 7.07. The van der Waals surface area contributed by atoms with Gasteiger partial charge in [-0.2, -0.15) is 5.10 Å². The van der Waals surface area contributed by atoms with Crippen LogP contribution in [0.3, 0.4) is 0 Å². The molecule has 5 nitrogen and oxygen atoms in total. The third-order valence-electron chi connectivity index (χ3n) is 3.57. The van der Waals surface area contributed by atoms with Gasteiger partial charge in [-0.15, -0.1) is 11.3 Å². The molecule has 1 aromatic heterocycles. The first-order valence-corrected chi connectivity index (χ1v) is 10.6. The standard InChI is InChI=1S/C20H20IN3O2S/c1-3-25-18-11-14(10-16(21)19(18)26-4-2)12-22-24-20-23-17(13-27-20)15-8-6-5-7-9-15/h5-13H,3-4H2,1-2H3,(H,23,24). The maximum Gasteiger partial charge on any atom is 0.203 e. The van der Waals surface area contributed by atoms with Gasteiger partial charge in [0.05, 0.1) is 28.7 Å². The summed E-state index contributed by atoms with van der Waals surface area (Å²) in [6, 6.07) is 14.0. The fraction of sp³-hybridized carbons (Fsp3) is 0.200. The summed E-state index contributed by atoms with van der Waals surface area (Å²) in [6.45, 7) is 5.09. The zero-order valence-corrected chi connectivity index (χ0v) is 18.1. The van der Waals surface area contributed by atoms with Crippen molar-refractivity contribution in [2.24, 2.45) is 5.10 Å². The van der Waals surface area contributed by atoms with Crippen LogP contribution in [0.15, 0.2) is 52.9 Å². The van der Waals surface area contributed by atoms with Crippen LogP contribution in [-0.2, 0) is 0 Å². The molecule has 1 heterocycles. The van der Waals surface area contributed by atoms with E-state index in [4.69, 9.17) is 9.47 Å². The minimum atomic E-state index is 0.580. The van der Waals surface area contributed by atoms with Gasteiger partial charge in [-0.1, -0.05) is 30.3 Å². The molecule has 2 aromatic carbocycles. The summed E-state index contributed by atoms with van der Waals surface area (Å²) in [7, 11) is 0. The summed E-state index contributed by atoms with van der Waals surface area (Å²) < 4.78 is 12.4. The van der Waals surface area contributed by atoms with Crippen LogP contribution in [0, 0.1) is 3.57 Å². The maximum absolute atomic E-state index is 5.71. The van der Waals surface area contributed by atoms with E-state index in [1.54, 1.807) is 6.21 Å². The van der Waals surface area contributed by atoms with E-state index < -0.39 is 0 Å². The van der Waals surface area contributed by atoms with E-state index in [-0.39, 0.29) is 0 Å². The van der Waals surface area contributed by atoms with Gasteiger partial charge in [0.1, 0.15) is 0 Å². The maximum atomic E-state index is 5.71. The largest absolute Gasteiger partial charge is 0.490 e. The third-order valence-corrected chi connectivity index (χ3v) is 5.12. The predicted molar refractivity (Wildman–Crippen MR) is 120 cm³/mol. The molecule has 0 saturated heterocycles. The van der Waals surface area contributed by atoms with E-state index in [1.807, 2.05) is 61.7 Å². The Morgan fingerprint density at radius 2 is 1.93 bits per heavy atom. The molecule has 27 heavy (non-hydrogen) atoms. The Morgan fingerprint density at radius 3 is 2.67 bits per heavy atom. The fourth-order valence-corrected chi connectivity index (χ4v) is 3.89. The number of anilines is 1. The van der Waals surface area contributed by atoms with Crippen LogP contribution in [0.4, 0.5) is 5.13 Å². The zero-order valence-electron chi connectivity index (χ0n) is 15.1. The summed E-state index contributed by atoms with van der Waals surface area (Å²) >= 11 is 3.77. The molecule has 140 valence electrons. The Balaban J connectivity index is 1.72. The molecule has 3 aromatic rings. The Hall–Kier alpha value is -2.13. The average molecular weight is 493 g/mol. The first-order chi connectivity index (χ1) is 13.2. The predicted octanol–water partition coefficient (Wildman–Crippen LogP) is 5.66. The quantitative estimate of drug-likeness (QED) is 0.250. The van der Waals surface area contributed by atoms with Crippen LogP contribution in [0.5, 0.6) is 11.5 Å². The number of hydrazone groups is 1. The number of aromatic nitrogens is 1. The molecular weight excluding hydrogens is 473 g/mol. The van der Waals surface area contributed by atoms with Crippen molar-refractivity contribution in [1.29, 1.82) is 0 Å². The van der Waals surface area contributed by atoms with Crippen LogP contribution < -0.4 is 14.9 Å². The van der Waals surface area contributed by atoms with Gasteiger partial charge in [0, 0.05) is 10.9 Å². The number of hydrogen-bond donors (Lipinski definition) is 1. The highest BCUT2D eigenvalue weighted by Crippen LogP contribution is 2.34. The SMILES string of the molecule is CCOc1cc(C=NNc2nc(-c3ccccc3)cs2)cc(I)c1OCC. The highest BCUT2D eigenvalue weighted by molar-refractivity contribution is 14.1. The molecule has 0 spiro atoms. The van der Waals surface area contributed by atoms with Gasteiger partial charge in [0.2, 0.25) is 5.13 Å². The lowest BCUT2D eigenvalue weighted by Crippen LogP contribution is -2.01. The Kier molecular flexibility index (Phi) is 7.05. The second-order valence-electron chi connectivity index (χ2n) is 5.47. The van der Waals surface area contributed by atoms with Gasteiger partial charge in [-0.3, -0.25) is 5.43 Å². The van der Waals surface area contributed by atoms with Crippen LogP contribution in [0.2, 0.25) is 0 Å². The summed E-state index contributed by atoms with van der Waals surface area (Å²) in [6.07, 6.45) is 1.75. The molecule has 1 N–H and O–H groups in total. The monoisotopic (exact) mass is 493 g/mol. The summed E-state index contributed by atoms with van der Waals surface area (Å²) in [5.41, 5.74) is 5.95. The number of nitrogens with zero attached hydrogens (tertiary/aromatic N) is 2. The molecule has 0 aliphatic rings. The van der Waals surface area contributed by atoms with Crippen molar-refractivity contribution < 1.29 is 9.47 Å². The van der Waals surface area contributed by atoms with Crippen molar-refractivity contribution in [3.63, 3.8) is 0 Å². The Labute approximate surface area is 176 Å². The Morgan fingerprint density at radius 1 is 1.15 bits per heavy atom. The van der Waals surface area contributed by atoms with Crippen molar-refractivity contribution in [3.05, 3.63) is 57.0 Å². The van der Waals surface area contributed by atoms with E-state index in [1.165, 1.54) is 11.3 Å². The third kappa shape index (κ3) is 5.20. The van der Waals surface area contributed by atoms with Crippen molar-refractivity contribution in [3.8, 4) is 22.8 Å². The first-order valence-electron chi connectivity index (χ1n) is 8.60. The zero-order chi connectivity index (χ0) is 19.1. The molecule has 3 rings (SSSR count). The van der Waals surface area contributed by atoms with Crippen molar-refractivity contribution in [2.45, 2.75) is 13.8 Å². The summed E-state index contributed by atoms with van der Waals surface area (Å²) in [4.78, 5) is 4.56. The minimum absolute atomic E-state index is 0.580. The number of ether oxygens (including phenoxy) is 2. The molecule has 0 aliphatic carbocycles. The van der Waals surface area contributed by atoms with Crippen LogP contribution in [-0.4, -0.2) is 24.4 Å². The number of benzene rings is 2. The molecule has 0 aliphatic heterocycles. The van der Waals surface area contributed by atoms with E-state index in [2.05, 4.69) is 38.1 Å². The van der Waals surface area contributed by atoms with Gasteiger partial charge in [0.15, 0.2) is 11.5 Å². The second-order valence-corrected chi connectivity index (χ2v) is 7.49. The number of nitrogens with one attached hydrogen (secondary N) is 1. The lowest BCUT2D eigenvalue weighted by Gasteiger charge is -2.13. The van der Waals surface area contributed by atoms with Crippen LogP contribution in [0.25, 0.3) is 11.3 Å². The van der Waals surface area contributed by atoms with E-state index in [0.717, 1.165) is 37.0 Å². The lowest BCUT2D eigenvalue weighted by molar-refractivity contribution is 0.286. The van der Waals surface area contributed by atoms with Gasteiger partial charge in [0.25, 0.3) is 0 Å². The molecular formula is C20H20IN3O2S. The molecule has 0 bridgehead atoms. The van der Waals surface area contributed by atoms with Crippen molar-refractivity contribution in [1.82, 2.24) is 4.98 Å². The molecule has 0 saturated carbocycles. The number of halogens is 1. The molecule has 0 amide bonds. The van der Waals surface area contributed by atoms with Crippen LogP contribution >= 0.6 is 33.9 Å². The molecule has 0 radical (unpaired) electrons.